The SMILES string of the molecule is CC1CC(C)CN(C(=O)C2CCCC(CCN)C2)C1. The number of nitrogens with two attached hydrogens (primary N) is 1. The van der Waals surface area contributed by atoms with Crippen molar-refractivity contribution in [3.05, 3.63) is 0 Å². The molecule has 3 nitrogen and oxygen atoms in total. The molecule has 1 amide bonds. The quantitative estimate of drug-likeness (QED) is 0.853. The Hall–Kier alpha value is -0.570. The van der Waals surface area contributed by atoms with Gasteiger partial charge in [-0.25, -0.2) is 0 Å². The van der Waals surface area contributed by atoms with E-state index < -0.39 is 0 Å². The lowest BCUT2D eigenvalue weighted by Gasteiger charge is -2.38. The lowest BCUT2D eigenvalue weighted by Crippen LogP contribution is -2.46. The smallest absolute Gasteiger partial charge is 0.225 e. The molecule has 3 heteroatoms. The second kappa shape index (κ2) is 6.74. The summed E-state index contributed by atoms with van der Waals surface area (Å²) in [6, 6.07) is 0. The van der Waals surface area contributed by atoms with Crippen LogP contribution in [0.3, 0.4) is 0 Å². The monoisotopic (exact) mass is 266 g/mol. The van der Waals surface area contributed by atoms with Gasteiger partial charge in [0.1, 0.15) is 0 Å². The van der Waals surface area contributed by atoms with Gasteiger partial charge in [0.2, 0.25) is 5.91 Å². The summed E-state index contributed by atoms with van der Waals surface area (Å²) in [5, 5.41) is 0. The molecule has 0 aromatic rings. The van der Waals surface area contributed by atoms with Gasteiger partial charge < -0.3 is 10.6 Å². The first-order valence-corrected chi connectivity index (χ1v) is 8.09. The zero-order valence-electron chi connectivity index (χ0n) is 12.6. The van der Waals surface area contributed by atoms with Crippen molar-refractivity contribution < 1.29 is 4.79 Å². The molecule has 0 spiro atoms. The van der Waals surface area contributed by atoms with Crippen molar-refractivity contribution in [1.82, 2.24) is 4.90 Å². The van der Waals surface area contributed by atoms with Crippen molar-refractivity contribution >= 4 is 5.91 Å². The molecule has 2 aliphatic rings. The average Bonchev–Trinajstić information content (AvgIpc) is 2.37. The third-order valence-corrected chi connectivity index (χ3v) is 4.89. The Labute approximate surface area is 117 Å². The van der Waals surface area contributed by atoms with E-state index in [1.54, 1.807) is 0 Å². The normalized spacial score (nSPS) is 36.3. The van der Waals surface area contributed by atoms with Gasteiger partial charge >= 0.3 is 0 Å². The number of carbonyl (C=O) groups excluding carboxylic acids is 1. The predicted molar refractivity (Wildman–Crippen MR) is 78.6 cm³/mol. The molecule has 2 rings (SSSR count). The summed E-state index contributed by atoms with van der Waals surface area (Å²) in [6.45, 7) is 7.26. The second-order valence-electron chi connectivity index (χ2n) is 7.00. The minimum atomic E-state index is 0.280. The van der Waals surface area contributed by atoms with E-state index >= 15 is 0 Å². The van der Waals surface area contributed by atoms with Crippen molar-refractivity contribution in [1.29, 1.82) is 0 Å². The van der Waals surface area contributed by atoms with Crippen LogP contribution in [0.5, 0.6) is 0 Å². The molecule has 2 N–H and O–H groups in total. The van der Waals surface area contributed by atoms with E-state index in [0.29, 0.717) is 23.7 Å². The van der Waals surface area contributed by atoms with Crippen LogP contribution < -0.4 is 5.73 Å². The lowest BCUT2D eigenvalue weighted by atomic mass is 9.78. The molecule has 0 bridgehead atoms. The van der Waals surface area contributed by atoms with Gasteiger partial charge in [-0.1, -0.05) is 26.7 Å². The van der Waals surface area contributed by atoms with Crippen LogP contribution in [-0.4, -0.2) is 30.4 Å². The minimum absolute atomic E-state index is 0.280. The summed E-state index contributed by atoms with van der Waals surface area (Å²) in [6.07, 6.45) is 7.02. The number of rotatable bonds is 3. The van der Waals surface area contributed by atoms with Gasteiger partial charge in [0.15, 0.2) is 0 Å². The van der Waals surface area contributed by atoms with E-state index in [1.165, 1.54) is 19.3 Å². The third-order valence-electron chi connectivity index (χ3n) is 4.89. The summed E-state index contributed by atoms with van der Waals surface area (Å²) in [5.41, 5.74) is 5.66. The molecule has 1 aliphatic carbocycles. The van der Waals surface area contributed by atoms with Crippen molar-refractivity contribution in [3.63, 3.8) is 0 Å². The summed E-state index contributed by atoms with van der Waals surface area (Å²) in [7, 11) is 0. The molecule has 0 radical (unpaired) electrons. The number of hydrogen-bond donors (Lipinski definition) is 1. The molecule has 4 atom stereocenters. The Morgan fingerprint density at radius 2 is 1.84 bits per heavy atom. The molecule has 1 saturated heterocycles. The van der Waals surface area contributed by atoms with Crippen LogP contribution in [0.25, 0.3) is 0 Å². The van der Waals surface area contributed by atoms with Crippen LogP contribution in [0.4, 0.5) is 0 Å². The Morgan fingerprint density at radius 1 is 1.16 bits per heavy atom. The van der Waals surface area contributed by atoms with E-state index in [9.17, 15) is 4.79 Å². The first-order valence-electron chi connectivity index (χ1n) is 8.09. The Morgan fingerprint density at radius 3 is 2.47 bits per heavy atom. The summed E-state index contributed by atoms with van der Waals surface area (Å²) in [5.74, 6) is 2.72. The minimum Gasteiger partial charge on any atom is -0.342 e. The van der Waals surface area contributed by atoms with Crippen LogP contribution in [0.2, 0.25) is 0 Å². The molecule has 2 fully saturated rings. The van der Waals surface area contributed by atoms with Crippen molar-refractivity contribution in [2.45, 2.75) is 52.4 Å². The van der Waals surface area contributed by atoms with Crippen LogP contribution in [0.15, 0.2) is 0 Å². The van der Waals surface area contributed by atoms with Gasteiger partial charge in [-0.3, -0.25) is 4.79 Å². The Bertz CT molecular complexity index is 293. The number of likely N-dealkylation sites (tertiary alicyclic amines) is 1. The van der Waals surface area contributed by atoms with Crippen LogP contribution >= 0.6 is 0 Å². The molecular weight excluding hydrogens is 236 g/mol. The number of hydrogen-bond acceptors (Lipinski definition) is 2. The van der Waals surface area contributed by atoms with Crippen LogP contribution in [-0.2, 0) is 4.79 Å². The average molecular weight is 266 g/mol. The first-order chi connectivity index (χ1) is 9.10. The van der Waals surface area contributed by atoms with Crippen molar-refractivity contribution in [2.24, 2.45) is 29.4 Å². The summed E-state index contributed by atoms with van der Waals surface area (Å²) < 4.78 is 0. The topological polar surface area (TPSA) is 46.3 Å². The maximum atomic E-state index is 12.7. The molecule has 110 valence electrons. The van der Waals surface area contributed by atoms with Gasteiger partial charge in [0, 0.05) is 19.0 Å². The zero-order valence-corrected chi connectivity index (χ0v) is 12.6. The van der Waals surface area contributed by atoms with E-state index in [1.807, 2.05) is 0 Å². The highest BCUT2D eigenvalue weighted by atomic mass is 16.2. The fourth-order valence-corrected chi connectivity index (χ4v) is 4.11. The molecular formula is C16H30N2O. The van der Waals surface area contributed by atoms with Gasteiger partial charge in [0.05, 0.1) is 0 Å². The summed E-state index contributed by atoms with van der Waals surface area (Å²) >= 11 is 0. The highest BCUT2D eigenvalue weighted by Gasteiger charge is 2.33. The predicted octanol–water partition coefficient (Wildman–Crippen LogP) is 2.65. The standard InChI is InChI=1S/C16H30N2O/c1-12-8-13(2)11-18(10-12)16(19)15-5-3-4-14(9-15)6-7-17/h12-15H,3-11,17H2,1-2H3. The van der Waals surface area contributed by atoms with E-state index in [4.69, 9.17) is 5.73 Å². The van der Waals surface area contributed by atoms with Gasteiger partial charge in [-0.2, -0.15) is 0 Å². The molecule has 1 saturated carbocycles. The number of amides is 1. The molecule has 0 aromatic carbocycles. The first kappa shape index (κ1) is 14.8. The second-order valence-corrected chi connectivity index (χ2v) is 7.00. The van der Waals surface area contributed by atoms with Crippen LogP contribution in [0, 0.1) is 23.7 Å². The Kier molecular flexibility index (Phi) is 5.26. The number of carbonyl (C=O) groups is 1. The highest BCUT2D eigenvalue weighted by Crippen LogP contribution is 2.33. The highest BCUT2D eigenvalue weighted by molar-refractivity contribution is 5.79. The maximum absolute atomic E-state index is 12.7. The van der Waals surface area contributed by atoms with E-state index in [2.05, 4.69) is 18.7 Å². The fourth-order valence-electron chi connectivity index (χ4n) is 4.11. The van der Waals surface area contributed by atoms with Crippen molar-refractivity contribution in [2.75, 3.05) is 19.6 Å². The third kappa shape index (κ3) is 3.95. The molecule has 1 heterocycles. The Balaban J connectivity index is 1.91. The molecule has 4 unspecified atom stereocenters. The van der Waals surface area contributed by atoms with E-state index in [0.717, 1.165) is 38.9 Å². The van der Waals surface area contributed by atoms with Crippen LogP contribution in [0.1, 0.15) is 52.4 Å². The molecule has 0 aromatic heterocycles. The zero-order chi connectivity index (χ0) is 13.8. The van der Waals surface area contributed by atoms with Crippen molar-refractivity contribution in [3.8, 4) is 0 Å². The fraction of sp³-hybridized carbons (Fsp3) is 0.938. The number of piperidine rings is 1. The van der Waals surface area contributed by atoms with Gasteiger partial charge in [-0.15, -0.1) is 0 Å². The van der Waals surface area contributed by atoms with Gasteiger partial charge in [-0.05, 0) is 50.0 Å². The largest absolute Gasteiger partial charge is 0.342 e. The van der Waals surface area contributed by atoms with E-state index in [-0.39, 0.29) is 5.92 Å². The molecule has 1 aliphatic heterocycles. The number of nitrogens with zero attached hydrogens (tertiary/aromatic N) is 1. The summed E-state index contributed by atoms with van der Waals surface area (Å²) in [4.78, 5) is 14.8. The molecule has 19 heavy (non-hydrogen) atoms. The lowest BCUT2D eigenvalue weighted by molar-refractivity contribution is -0.139. The van der Waals surface area contributed by atoms with Gasteiger partial charge in [0.25, 0.3) is 0 Å². The maximum Gasteiger partial charge on any atom is 0.225 e.